The molecule has 30 valence electrons. The van der Waals surface area contributed by atoms with E-state index in [-0.39, 0.29) is 0 Å². The summed E-state index contributed by atoms with van der Waals surface area (Å²) in [6, 6.07) is 2.09. The van der Waals surface area contributed by atoms with E-state index in [1.54, 1.807) is 6.92 Å². The number of aliphatic imine (C=N–C) groups is 1. The summed E-state index contributed by atoms with van der Waals surface area (Å²) in [4.78, 5) is 3.46. The van der Waals surface area contributed by atoms with Crippen molar-refractivity contribution in [2.75, 3.05) is 0 Å². The van der Waals surface area contributed by atoms with Gasteiger partial charge < -0.3 is 0 Å². The maximum absolute atomic E-state index is 4.75. The second kappa shape index (κ2) is 2.34. The average Bonchev–Trinajstić information content (AvgIpc) is 1.35. The normalized spacial score (nSPS) is 10.3. The monoisotopic (exact) mass is 80.0 g/mol. The second-order valence-corrected chi connectivity index (χ2v) is 0.976. The summed E-state index contributed by atoms with van der Waals surface area (Å²) in [5.74, 6) is 0. The van der Waals surface area contributed by atoms with Crippen LogP contribution < -0.4 is 0 Å². The van der Waals surface area contributed by atoms with Crippen molar-refractivity contribution in [2.24, 2.45) is 4.99 Å². The fourth-order valence-corrected chi connectivity index (χ4v) is 0.110. The van der Waals surface area contributed by atoms with Crippen LogP contribution in [0.4, 0.5) is 0 Å². The van der Waals surface area contributed by atoms with Crippen molar-refractivity contribution in [1.82, 2.24) is 0 Å². The summed E-state index contributed by atoms with van der Waals surface area (Å²) in [6.45, 7) is 5.19. The molecule has 0 fully saturated rings. The summed E-state index contributed by atoms with van der Waals surface area (Å²) in [6.07, 6.45) is 4.75. The van der Waals surface area contributed by atoms with Gasteiger partial charge in [0.1, 0.15) is 6.92 Å². The molecule has 1 heteroatoms. The minimum atomic E-state index is 0.678. The molecule has 0 rings (SSSR count). The first kappa shape index (κ1) is 5.10. The summed E-state index contributed by atoms with van der Waals surface area (Å²) < 4.78 is 0. The minimum absolute atomic E-state index is 0.678. The first-order valence-corrected chi connectivity index (χ1v) is 1.59. The van der Waals surface area contributed by atoms with Crippen LogP contribution in [0.5, 0.6) is 0 Å². The smallest absolute Gasteiger partial charge is 0.159 e. The zero-order valence-electron chi connectivity index (χ0n) is 3.73. The van der Waals surface area contributed by atoms with Crippen molar-refractivity contribution in [3.63, 3.8) is 0 Å². The van der Waals surface area contributed by atoms with Crippen molar-refractivity contribution in [3.05, 3.63) is 6.92 Å². The van der Waals surface area contributed by atoms with Gasteiger partial charge in [-0.15, -0.1) is 0 Å². The van der Waals surface area contributed by atoms with E-state index in [4.69, 9.17) is 6.42 Å². The topological polar surface area (TPSA) is 12.4 Å². The largest absolute Gasteiger partial charge is 0.200 e. The van der Waals surface area contributed by atoms with E-state index in [1.165, 1.54) is 0 Å². The molecule has 0 bridgehead atoms. The molecule has 0 amide bonds. The van der Waals surface area contributed by atoms with Crippen molar-refractivity contribution in [3.8, 4) is 12.5 Å². The predicted octanol–water partition coefficient (Wildman–Crippen LogP) is 0.872. The molecule has 0 aromatic heterocycles. The van der Waals surface area contributed by atoms with Gasteiger partial charge in [-0.05, 0) is 0 Å². The molecule has 0 spiro atoms. The Morgan fingerprint density at radius 1 is 2.00 bits per heavy atom. The second-order valence-electron chi connectivity index (χ2n) is 0.976. The molecule has 0 unspecified atom stereocenters. The Morgan fingerprint density at radius 2 is 2.50 bits per heavy atom. The van der Waals surface area contributed by atoms with E-state index >= 15 is 0 Å². The van der Waals surface area contributed by atoms with Gasteiger partial charge in [-0.2, -0.15) is 4.99 Å². The summed E-state index contributed by atoms with van der Waals surface area (Å²) in [5, 5.41) is 0. The Kier molecular flexibility index (Phi) is 1.99. The van der Waals surface area contributed by atoms with E-state index in [9.17, 15) is 0 Å². The van der Waals surface area contributed by atoms with Gasteiger partial charge in [0.05, 0.1) is 0 Å². The van der Waals surface area contributed by atoms with Gasteiger partial charge >= 0.3 is 0 Å². The zero-order valence-corrected chi connectivity index (χ0v) is 3.73. The molecular formula is C5H6N+. The molecule has 0 heterocycles. The van der Waals surface area contributed by atoms with E-state index in [1.807, 2.05) is 0 Å². The summed E-state index contributed by atoms with van der Waals surface area (Å²) in [7, 11) is 0. The first-order valence-electron chi connectivity index (χ1n) is 1.59. The highest BCUT2D eigenvalue weighted by molar-refractivity contribution is 5.86. The van der Waals surface area contributed by atoms with Gasteiger partial charge in [0.2, 0.25) is 0 Å². The van der Waals surface area contributed by atoms with E-state index < -0.39 is 0 Å². The molecular weight excluding hydrogens is 74.1 g/mol. The number of nitrogens with zero attached hydrogens (tertiary/aromatic N) is 1. The lowest BCUT2D eigenvalue weighted by Crippen LogP contribution is -1.74. The van der Waals surface area contributed by atoms with Gasteiger partial charge in [0.15, 0.2) is 5.71 Å². The standard InChI is InChI=1S/C5H6N/c1-4-6-5(2)3/h1H,2H2,3H3/q+1. The van der Waals surface area contributed by atoms with Crippen molar-refractivity contribution < 1.29 is 0 Å². The molecule has 0 aromatic carbocycles. The fraction of sp³-hybridized carbons (Fsp3) is 0.200. The average molecular weight is 80.1 g/mol. The van der Waals surface area contributed by atoms with Gasteiger partial charge in [-0.25, -0.2) is 0 Å². The van der Waals surface area contributed by atoms with Crippen LogP contribution >= 0.6 is 0 Å². The van der Waals surface area contributed by atoms with Gasteiger partial charge in [-0.1, -0.05) is 6.42 Å². The van der Waals surface area contributed by atoms with E-state index in [0.717, 1.165) is 0 Å². The zero-order chi connectivity index (χ0) is 4.99. The molecule has 1 nitrogen and oxygen atoms in total. The predicted molar refractivity (Wildman–Crippen MR) is 27.3 cm³/mol. The lowest BCUT2D eigenvalue weighted by Gasteiger charge is -1.63. The third kappa shape index (κ3) is 3.10. The van der Waals surface area contributed by atoms with Crippen LogP contribution in [0, 0.1) is 19.4 Å². The van der Waals surface area contributed by atoms with Crippen LogP contribution in [-0.4, -0.2) is 5.71 Å². The van der Waals surface area contributed by atoms with Crippen LogP contribution in [-0.2, 0) is 0 Å². The quantitative estimate of drug-likeness (QED) is 0.232. The fourth-order valence-electron chi connectivity index (χ4n) is 0.110. The highest BCUT2D eigenvalue weighted by Crippen LogP contribution is 1.66. The Hall–Kier alpha value is -0.900. The van der Waals surface area contributed by atoms with Crippen LogP contribution in [0.25, 0.3) is 0 Å². The molecule has 0 radical (unpaired) electrons. The molecule has 0 N–H and O–H groups in total. The molecule has 0 atom stereocenters. The van der Waals surface area contributed by atoms with Crippen LogP contribution in [0.3, 0.4) is 0 Å². The Morgan fingerprint density at radius 3 is 2.50 bits per heavy atom. The van der Waals surface area contributed by atoms with Crippen molar-refractivity contribution in [2.45, 2.75) is 6.92 Å². The highest BCUT2D eigenvalue weighted by Gasteiger charge is 1.77. The van der Waals surface area contributed by atoms with Gasteiger partial charge in [0.25, 0.3) is 0 Å². The molecule has 0 aliphatic rings. The van der Waals surface area contributed by atoms with E-state index in [0.29, 0.717) is 5.71 Å². The SMILES string of the molecule is C#CN=C([CH2+])C. The van der Waals surface area contributed by atoms with Crippen LogP contribution in [0.15, 0.2) is 4.99 Å². The molecule has 0 saturated carbocycles. The Labute approximate surface area is 38.1 Å². The van der Waals surface area contributed by atoms with Gasteiger partial charge in [-0.3, -0.25) is 0 Å². The summed E-state index contributed by atoms with van der Waals surface area (Å²) in [5.41, 5.74) is 0.678. The Bertz CT molecular complexity index is 91.0. The number of hydrogen-bond acceptors (Lipinski definition) is 1. The third-order valence-electron chi connectivity index (χ3n) is 0.255. The third-order valence-corrected chi connectivity index (χ3v) is 0.255. The van der Waals surface area contributed by atoms with Crippen molar-refractivity contribution in [1.29, 1.82) is 0 Å². The first-order chi connectivity index (χ1) is 2.77. The minimum Gasteiger partial charge on any atom is -0.159 e. The lowest BCUT2D eigenvalue weighted by atomic mass is 10.5. The molecule has 6 heavy (non-hydrogen) atoms. The molecule has 0 saturated heterocycles. The summed E-state index contributed by atoms with van der Waals surface area (Å²) >= 11 is 0. The lowest BCUT2D eigenvalue weighted by molar-refractivity contribution is 1.64. The number of hydrogen-bond donors (Lipinski definition) is 0. The van der Waals surface area contributed by atoms with Crippen molar-refractivity contribution >= 4 is 5.71 Å². The Balaban J connectivity index is 3.51. The molecule has 0 aliphatic heterocycles. The highest BCUT2D eigenvalue weighted by atomic mass is 14.7. The molecule has 0 aliphatic carbocycles. The number of rotatable bonds is 0. The number of terminal acetylenes is 1. The van der Waals surface area contributed by atoms with E-state index in [2.05, 4.69) is 18.0 Å². The maximum atomic E-state index is 4.75. The van der Waals surface area contributed by atoms with Crippen LogP contribution in [0.1, 0.15) is 6.92 Å². The maximum Gasteiger partial charge on any atom is 0.200 e. The van der Waals surface area contributed by atoms with Crippen LogP contribution in [0.2, 0.25) is 0 Å². The molecule has 0 aromatic rings. The van der Waals surface area contributed by atoms with Gasteiger partial charge in [0, 0.05) is 13.0 Å².